The lowest BCUT2D eigenvalue weighted by atomic mass is 10.3. The van der Waals surface area contributed by atoms with Crippen LogP contribution >= 0.6 is 0 Å². The van der Waals surface area contributed by atoms with Crippen LogP contribution in [0, 0.1) is 6.92 Å². The fourth-order valence-corrected chi connectivity index (χ4v) is 2.43. The predicted octanol–water partition coefficient (Wildman–Crippen LogP) is 1.01. The molecule has 1 heterocycles. The van der Waals surface area contributed by atoms with Gasteiger partial charge in [-0.1, -0.05) is 0 Å². The van der Waals surface area contributed by atoms with Gasteiger partial charge in [-0.2, -0.15) is 5.10 Å². The summed E-state index contributed by atoms with van der Waals surface area (Å²) in [5.74, 6) is 0.748. The Labute approximate surface area is 117 Å². The fraction of sp³-hybridized carbons (Fsp3) is 0.250. The molecular formula is C12H16N4O3S. The van der Waals surface area contributed by atoms with E-state index in [0.29, 0.717) is 11.6 Å². The Morgan fingerprint density at radius 1 is 1.35 bits per heavy atom. The van der Waals surface area contributed by atoms with Gasteiger partial charge in [-0.3, -0.25) is 0 Å². The highest BCUT2D eigenvalue weighted by Crippen LogP contribution is 2.29. The van der Waals surface area contributed by atoms with Crippen molar-refractivity contribution in [2.24, 2.45) is 7.05 Å². The minimum atomic E-state index is -3.54. The minimum Gasteiger partial charge on any atom is -0.437 e. The summed E-state index contributed by atoms with van der Waals surface area (Å²) in [5.41, 5.74) is 6.95. The molecule has 1 aromatic heterocycles. The van der Waals surface area contributed by atoms with E-state index in [1.807, 2.05) is 6.92 Å². The Morgan fingerprint density at radius 2 is 2.05 bits per heavy atom. The molecule has 7 nitrogen and oxygen atoms in total. The summed E-state index contributed by atoms with van der Waals surface area (Å²) in [5, 5.41) is 4.14. The van der Waals surface area contributed by atoms with E-state index in [-0.39, 0.29) is 10.6 Å². The monoisotopic (exact) mass is 296 g/mol. The summed E-state index contributed by atoms with van der Waals surface area (Å²) in [6, 6.07) is 6.02. The Morgan fingerprint density at radius 3 is 2.60 bits per heavy atom. The largest absolute Gasteiger partial charge is 0.437 e. The zero-order chi connectivity index (χ0) is 14.9. The smallest absolute Gasteiger partial charge is 0.240 e. The molecule has 0 atom stereocenters. The van der Waals surface area contributed by atoms with Crippen molar-refractivity contribution in [1.29, 1.82) is 0 Å². The number of aryl methyl sites for hydroxylation is 2. The van der Waals surface area contributed by atoms with Crippen LogP contribution in [0.5, 0.6) is 11.6 Å². The summed E-state index contributed by atoms with van der Waals surface area (Å²) in [4.78, 5) is 0.0862. The number of hydrogen-bond acceptors (Lipinski definition) is 5. The van der Waals surface area contributed by atoms with Crippen LogP contribution < -0.4 is 15.2 Å². The SMILES string of the molecule is CNS(=O)(=O)c1ccc(N)c(Oc2cc(C)nn2C)c1. The van der Waals surface area contributed by atoms with Crippen LogP contribution in [0.25, 0.3) is 0 Å². The molecule has 0 aliphatic rings. The molecule has 2 aromatic rings. The molecule has 1 aromatic carbocycles. The second kappa shape index (κ2) is 5.14. The Balaban J connectivity index is 2.42. The number of benzene rings is 1. The quantitative estimate of drug-likeness (QED) is 0.820. The number of aromatic nitrogens is 2. The highest BCUT2D eigenvalue weighted by Gasteiger charge is 2.15. The number of nitrogen functional groups attached to an aromatic ring is 1. The first-order valence-electron chi connectivity index (χ1n) is 5.85. The average Bonchev–Trinajstić information content (AvgIpc) is 2.70. The third-order valence-corrected chi connectivity index (χ3v) is 4.15. The molecule has 2 rings (SSSR count). The molecule has 0 saturated carbocycles. The lowest BCUT2D eigenvalue weighted by Crippen LogP contribution is -2.18. The lowest BCUT2D eigenvalue weighted by molar-refractivity contribution is 0.431. The number of nitrogens with zero attached hydrogens (tertiary/aromatic N) is 2. The van der Waals surface area contributed by atoms with Gasteiger partial charge in [-0.05, 0) is 26.1 Å². The van der Waals surface area contributed by atoms with Crippen molar-refractivity contribution in [1.82, 2.24) is 14.5 Å². The maximum Gasteiger partial charge on any atom is 0.240 e. The van der Waals surface area contributed by atoms with Crippen molar-refractivity contribution in [2.45, 2.75) is 11.8 Å². The van der Waals surface area contributed by atoms with Crippen LogP contribution in [0.15, 0.2) is 29.2 Å². The number of nitrogens with one attached hydrogen (secondary N) is 1. The topological polar surface area (TPSA) is 99.2 Å². The first-order chi connectivity index (χ1) is 9.33. The number of sulfonamides is 1. The molecule has 0 fully saturated rings. The van der Waals surface area contributed by atoms with Crippen LogP contribution in [0.4, 0.5) is 5.69 Å². The van der Waals surface area contributed by atoms with E-state index >= 15 is 0 Å². The summed E-state index contributed by atoms with van der Waals surface area (Å²) in [6.45, 7) is 1.83. The summed E-state index contributed by atoms with van der Waals surface area (Å²) in [7, 11) is -0.470. The van der Waals surface area contributed by atoms with Gasteiger partial charge < -0.3 is 10.5 Å². The third-order valence-electron chi connectivity index (χ3n) is 2.74. The molecule has 8 heteroatoms. The van der Waals surface area contributed by atoms with E-state index in [4.69, 9.17) is 10.5 Å². The van der Waals surface area contributed by atoms with Gasteiger partial charge in [0.1, 0.15) is 0 Å². The maximum atomic E-state index is 11.8. The van der Waals surface area contributed by atoms with Gasteiger partial charge in [0.25, 0.3) is 0 Å². The molecule has 0 unspecified atom stereocenters. The standard InChI is InChI=1S/C12H16N4O3S/c1-8-6-12(16(3)15-8)19-11-7-9(4-5-10(11)13)20(17,18)14-2/h4-7,14H,13H2,1-3H3. The minimum absolute atomic E-state index is 0.0862. The van der Waals surface area contributed by atoms with E-state index in [1.165, 1.54) is 25.2 Å². The third kappa shape index (κ3) is 2.75. The summed E-state index contributed by atoms with van der Waals surface area (Å²) in [6.07, 6.45) is 0. The van der Waals surface area contributed by atoms with Crippen molar-refractivity contribution in [3.63, 3.8) is 0 Å². The molecular weight excluding hydrogens is 280 g/mol. The van der Waals surface area contributed by atoms with Gasteiger partial charge >= 0.3 is 0 Å². The van der Waals surface area contributed by atoms with E-state index in [1.54, 1.807) is 17.8 Å². The molecule has 108 valence electrons. The highest BCUT2D eigenvalue weighted by molar-refractivity contribution is 7.89. The normalized spacial score (nSPS) is 11.6. The molecule has 0 spiro atoms. The molecule has 0 aliphatic carbocycles. The number of hydrogen-bond donors (Lipinski definition) is 2. The number of anilines is 1. The van der Waals surface area contributed by atoms with Gasteiger partial charge in [0.15, 0.2) is 5.75 Å². The van der Waals surface area contributed by atoms with E-state index in [0.717, 1.165) is 5.69 Å². The predicted molar refractivity (Wildman–Crippen MR) is 75.1 cm³/mol. The lowest BCUT2D eigenvalue weighted by Gasteiger charge is -2.10. The summed E-state index contributed by atoms with van der Waals surface area (Å²) < 4.78 is 32.9. The average molecular weight is 296 g/mol. The van der Waals surface area contributed by atoms with Crippen molar-refractivity contribution < 1.29 is 13.2 Å². The molecule has 3 N–H and O–H groups in total. The van der Waals surface area contributed by atoms with E-state index in [2.05, 4.69) is 9.82 Å². The Bertz CT molecular complexity index is 737. The van der Waals surface area contributed by atoms with Crippen LogP contribution in [0.3, 0.4) is 0 Å². The van der Waals surface area contributed by atoms with Crippen LogP contribution in [-0.4, -0.2) is 25.2 Å². The van der Waals surface area contributed by atoms with Gasteiger partial charge in [-0.15, -0.1) is 0 Å². The van der Waals surface area contributed by atoms with Crippen molar-refractivity contribution in [3.05, 3.63) is 30.0 Å². The molecule has 20 heavy (non-hydrogen) atoms. The maximum absolute atomic E-state index is 11.8. The van der Waals surface area contributed by atoms with E-state index < -0.39 is 10.0 Å². The molecule has 0 bridgehead atoms. The van der Waals surface area contributed by atoms with Gasteiger partial charge in [0.05, 0.1) is 16.3 Å². The molecule has 0 saturated heterocycles. The van der Waals surface area contributed by atoms with Gasteiger partial charge in [0, 0.05) is 19.2 Å². The molecule has 0 aliphatic heterocycles. The second-order valence-electron chi connectivity index (χ2n) is 4.26. The summed E-state index contributed by atoms with van der Waals surface area (Å²) >= 11 is 0. The number of nitrogens with two attached hydrogens (primary N) is 1. The van der Waals surface area contributed by atoms with Crippen LogP contribution in [0.1, 0.15) is 5.69 Å². The number of ether oxygens (including phenoxy) is 1. The van der Waals surface area contributed by atoms with Crippen LogP contribution in [-0.2, 0) is 17.1 Å². The fourth-order valence-electron chi connectivity index (χ4n) is 1.68. The Hall–Kier alpha value is -2.06. The highest BCUT2D eigenvalue weighted by atomic mass is 32.2. The zero-order valence-corrected chi connectivity index (χ0v) is 12.2. The number of rotatable bonds is 4. The molecule has 0 radical (unpaired) electrons. The second-order valence-corrected chi connectivity index (χ2v) is 6.14. The van der Waals surface area contributed by atoms with Gasteiger partial charge in [-0.25, -0.2) is 17.8 Å². The first-order valence-corrected chi connectivity index (χ1v) is 7.33. The first kappa shape index (κ1) is 14.4. The molecule has 0 amide bonds. The van der Waals surface area contributed by atoms with Gasteiger partial charge in [0.2, 0.25) is 15.9 Å². The van der Waals surface area contributed by atoms with Crippen LogP contribution in [0.2, 0.25) is 0 Å². The van der Waals surface area contributed by atoms with E-state index in [9.17, 15) is 8.42 Å². The Kier molecular flexibility index (Phi) is 3.69. The zero-order valence-electron chi connectivity index (χ0n) is 11.4. The van der Waals surface area contributed by atoms with Crippen molar-refractivity contribution in [2.75, 3.05) is 12.8 Å². The van der Waals surface area contributed by atoms with Crippen molar-refractivity contribution in [3.8, 4) is 11.6 Å². The van der Waals surface area contributed by atoms with Crippen molar-refractivity contribution >= 4 is 15.7 Å².